The van der Waals surface area contributed by atoms with Gasteiger partial charge in [-0.05, 0) is 37.7 Å². The molecule has 0 saturated heterocycles. The van der Waals surface area contributed by atoms with Gasteiger partial charge in [0.1, 0.15) is 16.6 Å². The molecule has 16 heavy (non-hydrogen) atoms. The highest BCUT2D eigenvalue weighted by atomic mass is 35.5. The molecule has 0 spiro atoms. The molecule has 0 saturated carbocycles. The predicted octanol–water partition coefficient (Wildman–Crippen LogP) is 4.21. The Labute approximate surface area is 103 Å². The summed E-state index contributed by atoms with van der Waals surface area (Å²) in [7, 11) is 1.62. The van der Waals surface area contributed by atoms with Crippen LogP contribution in [0.15, 0.2) is 22.1 Å². The van der Waals surface area contributed by atoms with Gasteiger partial charge in [-0.2, -0.15) is 0 Å². The molecule has 0 bridgehead atoms. The summed E-state index contributed by atoms with van der Waals surface area (Å²) in [5, 5.41) is 0.597. The van der Waals surface area contributed by atoms with Gasteiger partial charge in [-0.1, -0.05) is 25.4 Å². The lowest BCUT2D eigenvalue weighted by atomic mass is 9.76. The number of hydrogen-bond donors (Lipinski definition) is 0. The predicted molar refractivity (Wildman–Crippen MR) is 67.2 cm³/mol. The monoisotopic (exact) mass is 244 g/mol. The Morgan fingerprint density at radius 3 is 2.69 bits per heavy atom. The lowest BCUT2D eigenvalue weighted by Crippen LogP contribution is -2.26. The molecular weight excluding hydrogens is 224 g/mol. The summed E-state index contributed by atoms with van der Waals surface area (Å²) in [5.41, 5.74) is 1.42. The van der Waals surface area contributed by atoms with E-state index in [1.165, 1.54) is 5.57 Å². The number of methoxy groups -OCH3 is 1. The fraction of sp³-hybridized carbons (Fsp3) is 0.692. The van der Waals surface area contributed by atoms with E-state index in [1.54, 1.807) is 7.11 Å². The summed E-state index contributed by atoms with van der Waals surface area (Å²) in [5.74, 6) is 1.51. The topological polar surface area (TPSA) is 18.5 Å². The van der Waals surface area contributed by atoms with Crippen molar-refractivity contribution in [1.29, 1.82) is 0 Å². The molecule has 1 aliphatic heterocycles. The van der Waals surface area contributed by atoms with E-state index in [0.29, 0.717) is 10.8 Å². The highest BCUT2D eigenvalue weighted by Crippen LogP contribution is 2.42. The second-order valence-electron chi connectivity index (χ2n) is 4.54. The van der Waals surface area contributed by atoms with Crippen LogP contribution in [0.3, 0.4) is 0 Å². The Bertz CT molecular complexity index is 331. The lowest BCUT2D eigenvalue weighted by Gasteiger charge is -2.35. The van der Waals surface area contributed by atoms with Crippen LogP contribution >= 0.6 is 11.6 Å². The van der Waals surface area contributed by atoms with Gasteiger partial charge in [0, 0.05) is 0 Å². The number of ether oxygens (including phenoxy) is 2. The molecule has 0 radical (unpaired) electrons. The van der Waals surface area contributed by atoms with Crippen molar-refractivity contribution < 1.29 is 9.47 Å². The smallest absolute Gasteiger partial charge is 0.140 e. The van der Waals surface area contributed by atoms with Crippen LogP contribution in [0.25, 0.3) is 0 Å². The Morgan fingerprint density at radius 1 is 1.56 bits per heavy atom. The first-order chi connectivity index (χ1) is 7.46. The first-order valence-corrected chi connectivity index (χ1v) is 6.09. The van der Waals surface area contributed by atoms with E-state index >= 15 is 0 Å². The van der Waals surface area contributed by atoms with E-state index in [0.717, 1.165) is 25.2 Å². The number of rotatable bonds is 3. The van der Waals surface area contributed by atoms with Crippen molar-refractivity contribution in [2.75, 3.05) is 13.7 Å². The third-order valence-corrected chi connectivity index (χ3v) is 4.18. The molecular formula is C13H21ClO2. The molecule has 0 amide bonds. The Balaban J connectivity index is 3.17. The average Bonchev–Trinajstić information content (AvgIpc) is 2.31. The number of allylic oxidation sites excluding steroid dienone is 3. The van der Waals surface area contributed by atoms with Gasteiger partial charge < -0.3 is 9.47 Å². The van der Waals surface area contributed by atoms with Crippen LogP contribution in [0.2, 0.25) is 0 Å². The molecule has 1 aliphatic rings. The summed E-state index contributed by atoms with van der Waals surface area (Å²) in [4.78, 5) is 0. The van der Waals surface area contributed by atoms with Crippen LogP contribution in [-0.2, 0) is 9.47 Å². The molecule has 0 N–H and O–H groups in total. The average molecular weight is 245 g/mol. The fourth-order valence-corrected chi connectivity index (χ4v) is 2.14. The minimum absolute atomic E-state index is 0.196. The zero-order valence-electron chi connectivity index (χ0n) is 10.8. The Hall–Kier alpha value is -0.630. The minimum Gasteiger partial charge on any atom is -0.500 e. The van der Waals surface area contributed by atoms with Gasteiger partial charge in [-0.15, -0.1) is 0 Å². The van der Waals surface area contributed by atoms with E-state index < -0.39 is 0 Å². The van der Waals surface area contributed by atoms with Gasteiger partial charge in [0.2, 0.25) is 0 Å². The van der Waals surface area contributed by atoms with Crippen LogP contribution in [0.1, 0.15) is 40.5 Å². The van der Waals surface area contributed by atoms with Crippen molar-refractivity contribution >= 4 is 11.6 Å². The molecule has 0 aromatic rings. The van der Waals surface area contributed by atoms with E-state index in [1.807, 2.05) is 6.92 Å². The fourth-order valence-electron chi connectivity index (χ4n) is 1.87. The van der Waals surface area contributed by atoms with Crippen LogP contribution < -0.4 is 0 Å². The maximum absolute atomic E-state index is 6.26. The van der Waals surface area contributed by atoms with Gasteiger partial charge in [0.25, 0.3) is 0 Å². The van der Waals surface area contributed by atoms with Crippen molar-refractivity contribution in [3.8, 4) is 0 Å². The zero-order chi connectivity index (χ0) is 12.3. The van der Waals surface area contributed by atoms with Crippen molar-refractivity contribution in [1.82, 2.24) is 0 Å². The molecule has 1 heterocycles. The number of hydrogen-bond acceptors (Lipinski definition) is 2. The van der Waals surface area contributed by atoms with E-state index in [-0.39, 0.29) is 5.41 Å². The molecule has 0 aromatic carbocycles. The van der Waals surface area contributed by atoms with Crippen molar-refractivity contribution in [3.05, 3.63) is 22.1 Å². The van der Waals surface area contributed by atoms with E-state index in [4.69, 9.17) is 21.1 Å². The summed E-state index contributed by atoms with van der Waals surface area (Å²) >= 11 is 6.26. The largest absolute Gasteiger partial charge is 0.500 e. The quantitative estimate of drug-likeness (QED) is 0.693. The van der Waals surface area contributed by atoms with Crippen molar-refractivity contribution in [2.24, 2.45) is 5.41 Å². The summed E-state index contributed by atoms with van der Waals surface area (Å²) < 4.78 is 10.8. The van der Waals surface area contributed by atoms with Crippen molar-refractivity contribution in [3.63, 3.8) is 0 Å². The second kappa shape index (κ2) is 5.13. The summed E-state index contributed by atoms with van der Waals surface area (Å²) in [6, 6.07) is 0. The van der Waals surface area contributed by atoms with Crippen LogP contribution in [0, 0.1) is 5.41 Å². The van der Waals surface area contributed by atoms with Crippen LogP contribution in [-0.4, -0.2) is 13.7 Å². The van der Waals surface area contributed by atoms with Gasteiger partial charge in [-0.3, -0.25) is 0 Å². The molecule has 3 heteroatoms. The molecule has 0 fully saturated rings. The third-order valence-electron chi connectivity index (χ3n) is 3.74. The van der Waals surface area contributed by atoms with Crippen LogP contribution in [0.4, 0.5) is 0 Å². The SMILES string of the molecule is CCC1(C)CCOC(C(Cl)=C(C)OC)=C1C. The molecule has 92 valence electrons. The van der Waals surface area contributed by atoms with E-state index in [9.17, 15) is 0 Å². The molecule has 0 aliphatic carbocycles. The first kappa shape index (κ1) is 13.4. The minimum atomic E-state index is 0.196. The highest BCUT2D eigenvalue weighted by Gasteiger charge is 2.32. The Morgan fingerprint density at radius 2 is 2.19 bits per heavy atom. The maximum atomic E-state index is 6.26. The Kier molecular flexibility index (Phi) is 4.31. The molecule has 1 unspecified atom stereocenters. The highest BCUT2D eigenvalue weighted by molar-refractivity contribution is 6.32. The molecule has 1 atom stereocenters. The second-order valence-corrected chi connectivity index (χ2v) is 4.92. The molecule has 1 rings (SSSR count). The maximum Gasteiger partial charge on any atom is 0.140 e. The molecule has 2 nitrogen and oxygen atoms in total. The van der Waals surface area contributed by atoms with Crippen LogP contribution in [0.5, 0.6) is 0 Å². The lowest BCUT2D eigenvalue weighted by molar-refractivity contribution is 0.132. The van der Waals surface area contributed by atoms with Gasteiger partial charge in [-0.25, -0.2) is 0 Å². The standard InChI is InChI=1S/C13H21ClO2/c1-6-13(4)7-8-16-12(9(13)2)11(14)10(3)15-5/h6-8H2,1-5H3. The third kappa shape index (κ3) is 2.37. The summed E-state index contributed by atoms with van der Waals surface area (Å²) in [6.07, 6.45) is 2.15. The van der Waals surface area contributed by atoms with Crippen molar-refractivity contribution in [2.45, 2.75) is 40.5 Å². The summed E-state index contributed by atoms with van der Waals surface area (Å²) in [6.45, 7) is 9.14. The number of halogens is 1. The zero-order valence-corrected chi connectivity index (χ0v) is 11.6. The van der Waals surface area contributed by atoms with E-state index in [2.05, 4.69) is 20.8 Å². The van der Waals surface area contributed by atoms with Gasteiger partial charge in [0.15, 0.2) is 0 Å². The first-order valence-electron chi connectivity index (χ1n) is 5.71. The van der Waals surface area contributed by atoms with Gasteiger partial charge >= 0.3 is 0 Å². The normalized spacial score (nSPS) is 27.4. The van der Waals surface area contributed by atoms with Gasteiger partial charge in [0.05, 0.1) is 13.7 Å². The molecule has 0 aromatic heterocycles.